The van der Waals surface area contributed by atoms with Crippen molar-refractivity contribution in [2.75, 3.05) is 19.6 Å². The van der Waals surface area contributed by atoms with E-state index in [0.717, 1.165) is 19.6 Å². The first-order chi connectivity index (χ1) is 10.3. The van der Waals surface area contributed by atoms with Gasteiger partial charge in [0, 0.05) is 11.4 Å². The fourth-order valence-electron chi connectivity index (χ4n) is 3.91. The number of thiazole rings is 1. The summed E-state index contributed by atoms with van der Waals surface area (Å²) >= 11 is 2.01. The van der Waals surface area contributed by atoms with Crippen molar-refractivity contribution in [3.05, 3.63) is 15.6 Å². The van der Waals surface area contributed by atoms with Crippen molar-refractivity contribution >= 4 is 11.3 Å². The minimum atomic E-state index is 0.123. The number of aromatic nitrogens is 1. The van der Waals surface area contributed by atoms with E-state index in [2.05, 4.69) is 24.5 Å². The minimum absolute atomic E-state index is 0.123. The molecule has 3 rings (SSSR count). The number of nitrogens with zero attached hydrogens (tertiary/aromatic N) is 1. The van der Waals surface area contributed by atoms with Crippen LogP contribution in [0.25, 0.3) is 0 Å². The topological polar surface area (TPSA) is 37.0 Å². The molecule has 2 atom stereocenters. The van der Waals surface area contributed by atoms with E-state index < -0.39 is 0 Å². The molecule has 4 heteroatoms. The molecule has 2 heterocycles. The Hall–Kier alpha value is -0.450. The van der Waals surface area contributed by atoms with Gasteiger partial charge in [-0.3, -0.25) is 0 Å². The zero-order valence-corrected chi connectivity index (χ0v) is 14.3. The quantitative estimate of drug-likeness (QED) is 0.877. The second-order valence-electron chi connectivity index (χ2n) is 6.55. The van der Waals surface area contributed by atoms with Crippen LogP contribution in [0.15, 0.2) is 0 Å². The van der Waals surface area contributed by atoms with Crippen LogP contribution in [0.3, 0.4) is 0 Å². The third-order valence-electron chi connectivity index (χ3n) is 5.19. The molecule has 0 amide bonds. The molecule has 1 aliphatic heterocycles. The van der Waals surface area contributed by atoms with Crippen LogP contribution in [0.1, 0.15) is 61.5 Å². The van der Waals surface area contributed by atoms with Crippen molar-refractivity contribution < 1.29 is 0 Å². The molecule has 21 heavy (non-hydrogen) atoms. The molecule has 1 aliphatic carbocycles. The van der Waals surface area contributed by atoms with Crippen LogP contribution in [0, 0.1) is 5.92 Å². The average Bonchev–Trinajstić information content (AvgIpc) is 2.97. The summed E-state index contributed by atoms with van der Waals surface area (Å²) in [5, 5.41) is 8.89. The van der Waals surface area contributed by atoms with E-state index in [1.807, 2.05) is 11.3 Å². The summed E-state index contributed by atoms with van der Waals surface area (Å²) < 4.78 is 0. The van der Waals surface area contributed by atoms with Crippen molar-refractivity contribution in [2.24, 2.45) is 5.92 Å². The molecule has 118 valence electrons. The lowest BCUT2D eigenvalue weighted by atomic mass is 9.77. The molecule has 0 radical (unpaired) electrons. The van der Waals surface area contributed by atoms with Crippen molar-refractivity contribution in [3.8, 4) is 0 Å². The second kappa shape index (κ2) is 6.76. The van der Waals surface area contributed by atoms with Crippen LogP contribution in [-0.4, -0.2) is 24.6 Å². The standard InChI is InChI=1S/C17H29N3S/c1-3-10-19-17(9-11-18-12-13(17)4-2)16-20-14-7-5-6-8-15(14)21-16/h13,18-19H,3-12H2,1-2H3. The minimum Gasteiger partial charge on any atom is -0.316 e. The highest BCUT2D eigenvalue weighted by molar-refractivity contribution is 7.11. The van der Waals surface area contributed by atoms with E-state index in [0.29, 0.717) is 5.92 Å². The number of rotatable bonds is 5. The number of nitrogens with one attached hydrogen (secondary N) is 2. The summed E-state index contributed by atoms with van der Waals surface area (Å²) in [7, 11) is 0. The summed E-state index contributed by atoms with van der Waals surface area (Å²) in [5.74, 6) is 0.658. The maximum atomic E-state index is 5.13. The van der Waals surface area contributed by atoms with Crippen molar-refractivity contribution in [3.63, 3.8) is 0 Å². The molecule has 1 saturated heterocycles. The van der Waals surface area contributed by atoms with Crippen LogP contribution in [0.4, 0.5) is 0 Å². The number of hydrogen-bond acceptors (Lipinski definition) is 4. The fourth-order valence-corrected chi connectivity index (χ4v) is 5.34. The Balaban J connectivity index is 1.95. The molecular formula is C17H29N3S. The van der Waals surface area contributed by atoms with Crippen LogP contribution >= 0.6 is 11.3 Å². The molecule has 2 aliphatic rings. The molecule has 2 N–H and O–H groups in total. The smallest absolute Gasteiger partial charge is 0.114 e. The first-order valence-corrected chi connectivity index (χ1v) is 9.56. The van der Waals surface area contributed by atoms with Gasteiger partial charge in [0.25, 0.3) is 0 Å². The van der Waals surface area contributed by atoms with Gasteiger partial charge in [0.2, 0.25) is 0 Å². The molecule has 3 nitrogen and oxygen atoms in total. The first-order valence-electron chi connectivity index (χ1n) is 8.75. The number of hydrogen-bond donors (Lipinski definition) is 2. The van der Waals surface area contributed by atoms with Gasteiger partial charge < -0.3 is 10.6 Å². The average molecular weight is 308 g/mol. The van der Waals surface area contributed by atoms with Crippen molar-refractivity contribution in [1.29, 1.82) is 0 Å². The second-order valence-corrected chi connectivity index (χ2v) is 7.64. The van der Waals surface area contributed by atoms with Gasteiger partial charge in [0.15, 0.2) is 0 Å². The summed E-state index contributed by atoms with van der Waals surface area (Å²) in [4.78, 5) is 6.70. The highest BCUT2D eigenvalue weighted by Gasteiger charge is 2.43. The van der Waals surface area contributed by atoms with E-state index in [1.165, 1.54) is 55.6 Å². The van der Waals surface area contributed by atoms with Gasteiger partial charge in [-0.2, -0.15) is 0 Å². The molecule has 1 aromatic heterocycles. The van der Waals surface area contributed by atoms with Gasteiger partial charge in [0.05, 0.1) is 11.2 Å². The molecular weight excluding hydrogens is 278 g/mol. The molecule has 0 aromatic carbocycles. The molecule has 0 saturated carbocycles. The molecule has 0 bridgehead atoms. The molecule has 2 unspecified atom stereocenters. The lowest BCUT2D eigenvalue weighted by Crippen LogP contribution is -2.56. The zero-order valence-electron chi connectivity index (χ0n) is 13.5. The Kier molecular flexibility index (Phi) is 4.97. The zero-order chi connectivity index (χ0) is 14.7. The van der Waals surface area contributed by atoms with Crippen LogP contribution < -0.4 is 10.6 Å². The Morgan fingerprint density at radius 2 is 2.19 bits per heavy atom. The third-order valence-corrected chi connectivity index (χ3v) is 6.53. The summed E-state index contributed by atoms with van der Waals surface area (Å²) in [6.45, 7) is 7.92. The summed E-state index contributed by atoms with van der Waals surface area (Å²) in [6, 6.07) is 0. The lowest BCUT2D eigenvalue weighted by molar-refractivity contribution is 0.149. The highest BCUT2D eigenvalue weighted by Crippen LogP contribution is 2.41. The van der Waals surface area contributed by atoms with E-state index in [-0.39, 0.29) is 5.54 Å². The largest absolute Gasteiger partial charge is 0.316 e. The highest BCUT2D eigenvalue weighted by atomic mass is 32.1. The van der Waals surface area contributed by atoms with Crippen LogP contribution in [-0.2, 0) is 18.4 Å². The maximum Gasteiger partial charge on any atom is 0.114 e. The van der Waals surface area contributed by atoms with Gasteiger partial charge in [-0.15, -0.1) is 11.3 Å². The van der Waals surface area contributed by atoms with Gasteiger partial charge in [0.1, 0.15) is 5.01 Å². The van der Waals surface area contributed by atoms with E-state index in [4.69, 9.17) is 4.98 Å². The Morgan fingerprint density at radius 3 is 2.95 bits per heavy atom. The van der Waals surface area contributed by atoms with Gasteiger partial charge in [-0.1, -0.05) is 13.8 Å². The number of aryl methyl sites for hydroxylation is 2. The Bertz CT molecular complexity index is 447. The SMILES string of the molecule is CCCNC1(c2nc3c(s2)CCCC3)CCNCC1CC. The predicted octanol–water partition coefficient (Wildman–Crippen LogP) is 3.24. The first kappa shape index (κ1) is 15.4. The van der Waals surface area contributed by atoms with E-state index >= 15 is 0 Å². The molecule has 0 spiro atoms. The lowest BCUT2D eigenvalue weighted by Gasteiger charge is -2.44. The summed E-state index contributed by atoms with van der Waals surface area (Å²) in [5.41, 5.74) is 1.53. The predicted molar refractivity (Wildman–Crippen MR) is 90.0 cm³/mol. The van der Waals surface area contributed by atoms with Crippen molar-refractivity contribution in [2.45, 2.75) is 64.3 Å². The maximum absolute atomic E-state index is 5.13. The van der Waals surface area contributed by atoms with Crippen LogP contribution in [0.5, 0.6) is 0 Å². The van der Waals surface area contributed by atoms with Gasteiger partial charge in [-0.25, -0.2) is 4.98 Å². The van der Waals surface area contributed by atoms with Gasteiger partial charge >= 0.3 is 0 Å². The number of piperidine rings is 1. The monoisotopic (exact) mass is 307 g/mol. The Morgan fingerprint density at radius 1 is 1.33 bits per heavy atom. The molecule has 1 aromatic rings. The van der Waals surface area contributed by atoms with E-state index in [9.17, 15) is 0 Å². The van der Waals surface area contributed by atoms with Crippen LogP contribution in [0.2, 0.25) is 0 Å². The normalized spacial score (nSPS) is 29.3. The Labute approximate surface area is 132 Å². The van der Waals surface area contributed by atoms with E-state index in [1.54, 1.807) is 4.88 Å². The molecule has 1 fully saturated rings. The van der Waals surface area contributed by atoms with Gasteiger partial charge in [-0.05, 0) is 64.0 Å². The van der Waals surface area contributed by atoms with Crippen molar-refractivity contribution in [1.82, 2.24) is 15.6 Å². The third kappa shape index (κ3) is 2.90. The number of fused-ring (bicyclic) bond motifs is 1. The fraction of sp³-hybridized carbons (Fsp3) is 0.824. The summed E-state index contributed by atoms with van der Waals surface area (Å²) in [6.07, 6.45) is 8.71.